The molecule has 1 aliphatic rings. The number of hydrogen-bond donors (Lipinski definition) is 0. The van der Waals surface area contributed by atoms with E-state index < -0.39 is 29.1 Å². The van der Waals surface area contributed by atoms with Crippen LogP contribution >= 0.6 is 0 Å². The number of alkyl halides is 1. The number of hydrogen-bond acceptors (Lipinski definition) is 6. The van der Waals surface area contributed by atoms with E-state index in [0.29, 0.717) is 22.0 Å². The number of benzene rings is 1. The van der Waals surface area contributed by atoms with Gasteiger partial charge in [-0.15, -0.1) is 0 Å². The van der Waals surface area contributed by atoms with Gasteiger partial charge in [0.05, 0.1) is 0 Å². The van der Waals surface area contributed by atoms with Crippen molar-refractivity contribution >= 4 is 25.1 Å². The minimum absolute atomic E-state index is 0.0344. The van der Waals surface area contributed by atoms with E-state index in [2.05, 4.69) is 4.98 Å². The van der Waals surface area contributed by atoms with Crippen molar-refractivity contribution in [2.45, 2.75) is 44.1 Å². The maximum atomic E-state index is 14.5. The van der Waals surface area contributed by atoms with E-state index in [9.17, 15) is 19.3 Å². The molecule has 1 aliphatic heterocycles. The van der Waals surface area contributed by atoms with Crippen LogP contribution in [-0.2, 0) is 4.74 Å². The predicted octanol–water partition coefficient (Wildman–Crippen LogP) is 1.93. The molecular formula is C18H20FN3O5Se. The molecule has 0 bridgehead atoms. The first kappa shape index (κ1) is 20.4. The zero-order valence-electron chi connectivity index (χ0n) is 15.4. The predicted molar refractivity (Wildman–Crippen MR) is 101 cm³/mol. The van der Waals surface area contributed by atoms with E-state index in [4.69, 9.17) is 9.47 Å². The Hall–Kier alpha value is -2.29. The molecule has 3 rings (SSSR count). The standard InChI is InChI=1S/C18H20FN3O5Se/c1-3-26-17-11(2)9-21(18(23)20-17)16-8-12(19)14(27-16)10-28-15-7-5-4-6-13(15)22(24)25/h4-7,9,12,14,16H,3,8,10H2,1-2H3/t12-,14+,16?/m0/s1. The van der Waals surface area contributed by atoms with Crippen LogP contribution < -0.4 is 14.9 Å². The van der Waals surface area contributed by atoms with Crippen molar-refractivity contribution in [3.8, 4) is 5.88 Å². The zero-order chi connectivity index (χ0) is 20.3. The Balaban J connectivity index is 1.71. The van der Waals surface area contributed by atoms with Gasteiger partial charge in [-0.3, -0.25) is 0 Å². The third kappa shape index (κ3) is 4.40. The number of rotatable bonds is 7. The number of nitro benzene ring substituents is 1. The number of para-hydroxylation sites is 1. The van der Waals surface area contributed by atoms with Gasteiger partial charge in [-0.05, 0) is 0 Å². The third-order valence-corrected chi connectivity index (χ3v) is 6.72. The molecular weight excluding hydrogens is 436 g/mol. The fraction of sp³-hybridized carbons (Fsp3) is 0.444. The molecule has 0 N–H and O–H groups in total. The number of nitrogens with zero attached hydrogens (tertiary/aromatic N) is 3. The monoisotopic (exact) mass is 457 g/mol. The van der Waals surface area contributed by atoms with Crippen LogP contribution in [0.1, 0.15) is 25.1 Å². The molecule has 1 fully saturated rings. The maximum absolute atomic E-state index is 14.5. The van der Waals surface area contributed by atoms with Crippen molar-refractivity contribution in [3.05, 3.63) is 56.6 Å². The molecule has 28 heavy (non-hydrogen) atoms. The first-order valence-corrected chi connectivity index (χ1v) is 10.9. The normalized spacial score (nSPS) is 21.6. The summed E-state index contributed by atoms with van der Waals surface area (Å²) in [6.07, 6.45) is -1.13. The summed E-state index contributed by atoms with van der Waals surface area (Å²) in [5.74, 6) is 0.259. The zero-order valence-corrected chi connectivity index (χ0v) is 17.1. The van der Waals surface area contributed by atoms with Crippen LogP contribution in [0.2, 0.25) is 5.32 Å². The molecule has 0 aliphatic carbocycles. The number of aryl methyl sites for hydroxylation is 1. The number of aromatic nitrogens is 2. The molecule has 150 valence electrons. The van der Waals surface area contributed by atoms with Crippen LogP contribution in [0.5, 0.6) is 5.88 Å². The fourth-order valence-corrected chi connectivity index (χ4v) is 5.25. The molecule has 0 radical (unpaired) electrons. The Labute approximate surface area is 167 Å². The fourth-order valence-electron chi connectivity index (χ4n) is 2.95. The van der Waals surface area contributed by atoms with Crippen LogP contribution in [0, 0.1) is 17.0 Å². The van der Waals surface area contributed by atoms with Gasteiger partial charge in [0.25, 0.3) is 0 Å². The first-order chi connectivity index (χ1) is 13.4. The Morgan fingerprint density at radius 2 is 2.21 bits per heavy atom. The van der Waals surface area contributed by atoms with Gasteiger partial charge in [0.2, 0.25) is 0 Å². The van der Waals surface area contributed by atoms with Crippen molar-refractivity contribution in [2.75, 3.05) is 6.61 Å². The Morgan fingerprint density at radius 1 is 1.46 bits per heavy atom. The first-order valence-electron chi connectivity index (χ1n) is 8.79. The van der Waals surface area contributed by atoms with Gasteiger partial charge in [-0.2, -0.15) is 0 Å². The molecule has 0 amide bonds. The van der Waals surface area contributed by atoms with Gasteiger partial charge >= 0.3 is 167 Å². The summed E-state index contributed by atoms with van der Waals surface area (Å²) < 4.78 is 27.5. The number of halogens is 1. The van der Waals surface area contributed by atoms with E-state index in [0.717, 1.165) is 0 Å². The summed E-state index contributed by atoms with van der Waals surface area (Å²) in [6.45, 7) is 3.94. The second kappa shape index (κ2) is 8.81. The SMILES string of the molecule is CCOc1nc(=O)n(C2C[C@H](F)[C@@H](C[Se]c3ccccc3[N+](=O)[O-])O2)cc1C. The van der Waals surface area contributed by atoms with E-state index in [1.165, 1.54) is 10.6 Å². The second-order valence-electron chi connectivity index (χ2n) is 6.27. The summed E-state index contributed by atoms with van der Waals surface area (Å²) in [6, 6.07) is 6.45. The topological polar surface area (TPSA) is 96.5 Å². The van der Waals surface area contributed by atoms with Gasteiger partial charge in [-0.1, -0.05) is 0 Å². The van der Waals surface area contributed by atoms with Crippen molar-refractivity contribution in [1.29, 1.82) is 0 Å². The van der Waals surface area contributed by atoms with Crippen LogP contribution in [0.15, 0.2) is 35.3 Å². The van der Waals surface area contributed by atoms with E-state index in [1.807, 2.05) is 0 Å². The average Bonchev–Trinajstić information content (AvgIpc) is 3.03. The number of ether oxygens (including phenoxy) is 2. The Kier molecular flexibility index (Phi) is 6.43. The molecule has 3 atom stereocenters. The van der Waals surface area contributed by atoms with Gasteiger partial charge in [0, 0.05) is 0 Å². The molecule has 8 nitrogen and oxygen atoms in total. The van der Waals surface area contributed by atoms with Gasteiger partial charge in [-0.25, -0.2) is 0 Å². The number of nitro groups is 1. The molecule has 2 aromatic rings. The van der Waals surface area contributed by atoms with E-state index in [1.54, 1.807) is 38.2 Å². The van der Waals surface area contributed by atoms with Crippen molar-refractivity contribution < 1.29 is 18.8 Å². The summed E-state index contributed by atoms with van der Waals surface area (Å²) in [4.78, 5) is 26.8. The Morgan fingerprint density at radius 3 is 2.93 bits per heavy atom. The van der Waals surface area contributed by atoms with Crippen LogP contribution in [0.3, 0.4) is 0 Å². The van der Waals surface area contributed by atoms with Crippen molar-refractivity contribution in [2.24, 2.45) is 0 Å². The summed E-state index contributed by atoms with van der Waals surface area (Å²) >= 11 is -0.328. The Bertz CT molecular complexity index is 922. The molecule has 1 aromatic heterocycles. The van der Waals surface area contributed by atoms with E-state index >= 15 is 0 Å². The molecule has 10 heteroatoms. The van der Waals surface area contributed by atoms with Crippen LogP contribution in [-0.4, -0.2) is 48.3 Å². The van der Waals surface area contributed by atoms with Crippen LogP contribution in [0.25, 0.3) is 0 Å². The third-order valence-electron chi connectivity index (χ3n) is 4.31. The molecule has 1 saturated heterocycles. The van der Waals surface area contributed by atoms with E-state index in [-0.39, 0.29) is 32.9 Å². The van der Waals surface area contributed by atoms with Crippen molar-refractivity contribution in [3.63, 3.8) is 0 Å². The summed E-state index contributed by atoms with van der Waals surface area (Å²) in [5.41, 5.74) is 0.138. The van der Waals surface area contributed by atoms with Gasteiger partial charge in [0.1, 0.15) is 0 Å². The molecule has 0 saturated carbocycles. The molecule has 1 aromatic carbocycles. The second-order valence-corrected chi connectivity index (χ2v) is 8.50. The van der Waals surface area contributed by atoms with Gasteiger partial charge < -0.3 is 0 Å². The quantitative estimate of drug-likeness (QED) is 0.359. The summed E-state index contributed by atoms with van der Waals surface area (Å²) in [5, 5.41) is 11.5. The average molecular weight is 456 g/mol. The summed E-state index contributed by atoms with van der Waals surface area (Å²) in [7, 11) is 0. The van der Waals surface area contributed by atoms with Gasteiger partial charge in [0.15, 0.2) is 0 Å². The molecule has 0 spiro atoms. The molecule has 1 unspecified atom stereocenters. The molecule has 2 heterocycles. The minimum atomic E-state index is -1.26. The van der Waals surface area contributed by atoms with Crippen molar-refractivity contribution in [1.82, 2.24) is 9.55 Å². The van der Waals surface area contributed by atoms with Crippen LogP contribution in [0.4, 0.5) is 10.1 Å².